The molecule has 1 aromatic heterocycles. The van der Waals surface area contributed by atoms with Gasteiger partial charge in [0.05, 0.1) is 18.4 Å². The van der Waals surface area contributed by atoms with Gasteiger partial charge in [-0.25, -0.2) is 9.97 Å². The summed E-state index contributed by atoms with van der Waals surface area (Å²) in [6.07, 6.45) is 1.52. The number of aromatic nitrogens is 2. The zero-order valence-corrected chi connectivity index (χ0v) is 15.7. The van der Waals surface area contributed by atoms with Gasteiger partial charge in [-0.3, -0.25) is 4.79 Å². The minimum Gasteiger partial charge on any atom is -0.497 e. The molecule has 27 heavy (non-hydrogen) atoms. The van der Waals surface area contributed by atoms with Gasteiger partial charge >= 0.3 is 0 Å². The molecule has 2 aromatic carbocycles. The lowest BCUT2D eigenvalue weighted by molar-refractivity contribution is 0.102. The molecule has 1 heterocycles. The van der Waals surface area contributed by atoms with Gasteiger partial charge in [-0.1, -0.05) is 23.7 Å². The lowest BCUT2D eigenvalue weighted by Crippen LogP contribution is -2.15. The van der Waals surface area contributed by atoms with Crippen LogP contribution in [0.1, 0.15) is 21.6 Å². The molecular formula is C20H19ClN4O2. The predicted molar refractivity (Wildman–Crippen MR) is 106 cm³/mol. The van der Waals surface area contributed by atoms with Gasteiger partial charge in [-0.2, -0.15) is 0 Å². The number of nitrogens with one attached hydrogen (secondary N) is 2. The van der Waals surface area contributed by atoms with Crippen molar-refractivity contribution < 1.29 is 9.53 Å². The Bertz CT molecular complexity index is 928. The minimum atomic E-state index is -0.267. The smallest absolute Gasteiger partial charge is 0.259 e. The third kappa shape index (κ3) is 4.95. The highest BCUT2D eigenvalue weighted by atomic mass is 35.5. The molecule has 0 radical (unpaired) electrons. The maximum Gasteiger partial charge on any atom is 0.259 e. The van der Waals surface area contributed by atoms with Crippen molar-refractivity contribution in [1.29, 1.82) is 0 Å². The fraction of sp³-hybridized carbons (Fsp3) is 0.150. The number of methoxy groups -OCH3 is 1. The summed E-state index contributed by atoms with van der Waals surface area (Å²) in [5.74, 6) is 1.00. The van der Waals surface area contributed by atoms with Crippen LogP contribution in [0.25, 0.3) is 0 Å². The number of benzene rings is 2. The van der Waals surface area contributed by atoms with E-state index in [9.17, 15) is 4.79 Å². The van der Waals surface area contributed by atoms with Crippen LogP contribution in [0.4, 0.5) is 11.6 Å². The van der Waals surface area contributed by atoms with Crippen molar-refractivity contribution in [3.63, 3.8) is 0 Å². The number of hydrogen-bond donors (Lipinski definition) is 2. The van der Waals surface area contributed by atoms with Gasteiger partial charge in [0.1, 0.15) is 5.75 Å². The monoisotopic (exact) mass is 382 g/mol. The maximum atomic E-state index is 12.4. The number of nitrogens with zero attached hydrogens (tertiary/aromatic N) is 2. The number of aryl methyl sites for hydroxylation is 1. The van der Waals surface area contributed by atoms with Gasteiger partial charge < -0.3 is 15.4 Å². The molecule has 6 nitrogen and oxygen atoms in total. The fourth-order valence-electron chi connectivity index (χ4n) is 2.43. The minimum absolute atomic E-state index is 0.267. The van der Waals surface area contributed by atoms with Crippen LogP contribution in [0.3, 0.4) is 0 Å². The zero-order valence-electron chi connectivity index (χ0n) is 15.0. The van der Waals surface area contributed by atoms with Crippen molar-refractivity contribution in [2.24, 2.45) is 0 Å². The van der Waals surface area contributed by atoms with E-state index in [-0.39, 0.29) is 5.91 Å². The molecule has 0 saturated heterocycles. The van der Waals surface area contributed by atoms with E-state index in [0.717, 1.165) is 11.3 Å². The molecule has 0 bridgehead atoms. The summed E-state index contributed by atoms with van der Waals surface area (Å²) in [5.41, 5.74) is 2.74. The van der Waals surface area contributed by atoms with Crippen molar-refractivity contribution in [3.8, 4) is 5.75 Å². The Morgan fingerprint density at radius 3 is 2.44 bits per heavy atom. The largest absolute Gasteiger partial charge is 0.497 e. The number of anilines is 2. The van der Waals surface area contributed by atoms with Crippen molar-refractivity contribution >= 4 is 29.1 Å². The second-order valence-electron chi connectivity index (χ2n) is 5.86. The topological polar surface area (TPSA) is 76.1 Å². The summed E-state index contributed by atoms with van der Waals surface area (Å²) >= 11 is 5.85. The van der Waals surface area contributed by atoms with E-state index in [0.29, 0.717) is 34.5 Å². The van der Waals surface area contributed by atoms with Crippen LogP contribution in [0.2, 0.25) is 5.02 Å². The second-order valence-corrected chi connectivity index (χ2v) is 6.29. The third-order valence-electron chi connectivity index (χ3n) is 3.94. The van der Waals surface area contributed by atoms with Gasteiger partial charge in [0.2, 0.25) is 5.95 Å². The van der Waals surface area contributed by atoms with E-state index < -0.39 is 0 Å². The molecule has 0 aliphatic rings. The van der Waals surface area contributed by atoms with Crippen LogP contribution >= 0.6 is 11.6 Å². The number of carbonyl (C=O) groups excluding carboxylic acids is 1. The van der Waals surface area contributed by atoms with Gasteiger partial charge in [-0.15, -0.1) is 0 Å². The summed E-state index contributed by atoms with van der Waals surface area (Å²) < 4.78 is 5.14. The molecule has 0 fully saturated rings. The first kappa shape index (κ1) is 18.7. The first-order chi connectivity index (χ1) is 13.0. The number of amides is 1. The molecule has 1 amide bonds. The van der Waals surface area contributed by atoms with E-state index in [2.05, 4.69) is 20.6 Å². The molecule has 0 atom stereocenters. The van der Waals surface area contributed by atoms with Gasteiger partial charge in [0, 0.05) is 23.5 Å². The number of carbonyl (C=O) groups is 1. The summed E-state index contributed by atoms with van der Waals surface area (Å²) in [6.45, 7) is 2.34. The van der Waals surface area contributed by atoms with E-state index in [4.69, 9.17) is 16.3 Å². The molecule has 0 aliphatic heterocycles. The molecule has 3 rings (SSSR count). The average Bonchev–Trinajstić information content (AvgIpc) is 2.68. The normalized spacial score (nSPS) is 10.3. The highest BCUT2D eigenvalue weighted by Crippen LogP contribution is 2.16. The van der Waals surface area contributed by atoms with Crippen molar-refractivity contribution in [3.05, 3.63) is 76.6 Å². The quantitative estimate of drug-likeness (QED) is 0.664. The number of halogens is 1. The molecule has 3 aromatic rings. The first-order valence-electron chi connectivity index (χ1n) is 8.32. The molecule has 7 heteroatoms. The van der Waals surface area contributed by atoms with Crippen LogP contribution < -0.4 is 15.4 Å². The van der Waals surface area contributed by atoms with E-state index in [1.54, 1.807) is 38.3 Å². The van der Waals surface area contributed by atoms with Crippen LogP contribution in [-0.4, -0.2) is 23.0 Å². The molecule has 0 unspecified atom stereocenters. The van der Waals surface area contributed by atoms with E-state index in [1.807, 2.05) is 24.3 Å². The molecule has 0 saturated carbocycles. The molecule has 2 N–H and O–H groups in total. The van der Waals surface area contributed by atoms with Crippen molar-refractivity contribution in [2.75, 3.05) is 17.7 Å². The lowest BCUT2D eigenvalue weighted by Gasteiger charge is -2.10. The zero-order chi connectivity index (χ0) is 19.2. The summed E-state index contributed by atoms with van der Waals surface area (Å²) in [7, 11) is 1.63. The Hall–Kier alpha value is -3.12. The van der Waals surface area contributed by atoms with Gasteiger partial charge in [-0.05, 0) is 48.9 Å². The predicted octanol–water partition coefficient (Wildman–Crippen LogP) is 4.31. The Labute approximate surface area is 162 Å². The summed E-state index contributed by atoms with van der Waals surface area (Å²) in [6, 6.07) is 14.6. The average molecular weight is 383 g/mol. The molecule has 138 valence electrons. The lowest BCUT2D eigenvalue weighted by atomic mass is 10.2. The van der Waals surface area contributed by atoms with Crippen LogP contribution in [-0.2, 0) is 6.54 Å². The number of ether oxygens (including phenoxy) is 1. The first-order valence-corrected chi connectivity index (χ1v) is 8.70. The number of rotatable bonds is 6. The third-order valence-corrected chi connectivity index (χ3v) is 4.19. The van der Waals surface area contributed by atoms with Gasteiger partial charge in [0.15, 0.2) is 0 Å². The van der Waals surface area contributed by atoms with Gasteiger partial charge in [0.25, 0.3) is 5.91 Å². The van der Waals surface area contributed by atoms with Crippen molar-refractivity contribution in [1.82, 2.24) is 9.97 Å². The van der Waals surface area contributed by atoms with E-state index >= 15 is 0 Å². The Balaban J connectivity index is 1.63. The summed E-state index contributed by atoms with van der Waals surface area (Å²) in [4.78, 5) is 21.0. The maximum absolute atomic E-state index is 12.4. The SMILES string of the molecule is COc1ccc(CNc2ncc(C(=O)Nc3ccc(Cl)cc3)c(C)n2)cc1. The number of hydrogen-bond acceptors (Lipinski definition) is 5. The van der Waals surface area contributed by atoms with Crippen LogP contribution in [0, 0.1) is 6.92 Å². The Morgan fingerprint density at radius 1 is 1.11 bits per heavy atom. The molecular weight excluding hydrogens is 364 g/mol. The van der Waals surface area contributed by atoms with Crippen LogP contribution in [0.15, 0.2) is 54.7 Å². The fourth-order valence-corrected chi connectivity index (χ4v) is 2.56. The Morgan fingerprint density at radius 2 is 1.81 bits per heavy atom. The summed E-state index contributed by atoms with van der Waals surface area (Å²) in [5, 5.41) is 6.57. The highest BCUT2D eigenvalue weighted by Gasteiger charge is 2.12. The molecule has 0 aliphatic carbocycles. The van der Waals surface area contributed by atoms with Crippen molar-refractivity contribution in [2.45, 2.75) is 13.5 Å². The standard InChI is InChI=1S/C20H19ClN4O2/c1-13-18(19(26)25-16-7-5-15(21)6-8-16)12-23-20(24-13)22-11-14-3-9-17(27-2)10-4-14/h3-10,12H,11H2,1-2H3,(H,25,26)(H,22,23,24). The molecule has 0 spiro atoms. The second kappa shape index (κ2) is 8.51. The highest BCUT2D eigenvalue weighted by molar-refractivity contribution is 6.30. The van der Waals surface area contributed by atoms with E-state index in [1.165, 1.54) is 6.20 Å². The Kier molecular flexibility index (Phi) is 5.88. The van der Waals surface area contributed by atoms with Crippen LogP contribution in [0.5, 0.6) is 5.75 Å².